The summed E-state index contributed by atoms with van der Waals surface area (Å²) in [5.41, 5.74) is -0.748. The van der Waals surface area contributed by atoms with Crippen LogP contribution < -0.4 is 0 Å². The summed E-state index contributed by atoms with van der Waals surface area (Å²) in [6.07, 6.45) is 9.46. The van der Waals surface area contributed by atoms with E-state index in [0.29, 0.717) is 25.7 Å². The molecule has 0 saturated carbocycles. The maximum Gasteiger partial charge on any atom is 0.305 e. The highest BCUT2D eigenvalue weighted by atomic mass is 32.1. The van der Waals surface area contributed by atoms with E-state index in [4.69, 9.17) is 14.2 Å². The minimum absolute atomic E-state index is 0.0504. The lowest BCUT2D eigenvalue weighted by Crippen LogP contribution is -2.39. The summed E-state index contributed by atoms with van der Waals surface area (Å²) in [4.78, 5) is 36.5. The minimum Gasteiger partial charge on any atom is -0.465 e. The van der Waals surface area contributed by atoms with Crippen molar-refractivity contribution in [2.24, 2.45) is 5.41 Å². The number of ether oxygens (including phenoxy) is 3. The van der Waals surface area contributed by atoms with E-state index in [1.54, 1.807) is 0 Å². The maximum absolute atomic E-state index is 12.2. The Kier molecular flexibility index (Phi) is 21.6. The van der Waals surface area contributed by atoms with Crippen molar-refractivity contribution in [2.75, 3.05) is 37.1 Å². The Morgan fingerprint density at radius 1 is 0.545 bits per heavy atom. The van der Waals surface area contributed by atoms with E-state index >= 15 is 0 Å². The van der Waals surface area contributed by atoms with Crippen molar-refractivity contribution in [3.05, 3.63) is 0 Å². The number of carbonyl (C=O) groups excluding carboxylic acids is 3. The van der Waals surface area contributed by atoms with Gasteiger partial charge in [-0.25, -0.2) is 0 Å². The van der Waals surface area contributed by atoms with Crippen LogP contribution in [0.4, 0.5) is 0 Å². The summed E-state index contributed by atoms with van der Waals surface area (Å²) >= 11 is 12.5. The average Bonchev–Trinajstić information content (AvgIpc) is 2.82. The van der Waals surface area contributed by atoms with Crippen LogP contribution in [0.25, 0.3) is 0 Å². The lowest BCUT2D eigenvalue weighted by Gasteiger charge is -2.31. The topological polar surface area (TPSA) is 78.9 Å². The highest BCUT2D eigenvalue weighted by molar-refractivity contribution is 7.80. The van der Waals surface area contributed by atoms with Crippen molar-refractivity contribution in [1.82, 2.24) is 0 Å². The minimum atomic E-state index is -0.748. The molecule has 0 atom stereocenters. The normalized spacial score (nSPS) is 11.3. The molecular formula is C24H44O6S3. The van der Waals surface area contributed by atoms with E-state index in [1.165, 1.54) is 0 Å². The third kappa shape index (κ3) is 18.5. The number of rotatable bonds is 22. The van der Waals surface area contributed by atoms with Crippen LogP contribution >= 0.6 is 37.9 Å². The van der Waals surface area contributed by atoms with E-state index in [-0.39, 0.29) is 37.7 Å². The van der Waals surface area contributed by atoms with Crippen LogP contribution in [0.15, 0.2) is 0 Å². The number of esters is 3. The Morgan fingerprint density at radius 2 is 0.848 bits per heavy atom. The Hall–Kier alpha value is -0.540. The van der Waals surface area contributed by atoms with Crippen molar-refractivity contribution >= 4 is 55.8 Å². The lowest BCUT2D eigenvalue weighted by molar-refractivity contribution is -0.162. The molecule has 0 amide bonds. The van der Waals surface area contributed by atoms with Crippen LogP contribution in [0.3, 0.4) is 0 Å². The van der Waals surface area contributed by atoms with Crippen LogP contribution in [-0.2, 0) is 28.6 Å². The highest BCUT2D eigenvalue weighted by Gasteiger charge is 2.34. The fraction of sp³-hybridized carbons (Fsp3) is 0.875. The first-order chi connectivity index (χ1) is 15.9. The second-order valence-corrected chi connectivity index (χ2v) is 9.78. The molecule has 0 aliphatic carbocycles. The maximum atomic E-state index is 12.2. The molecule has 0 fully saturated rings. The van der Waals surface area contributed by atoms with Crippen LogP contribution in [0, 0.1) is 5.41 Å². The van der Waals surface area contributed by atoms with E-state index in [2.05, 4.69) is 37.9 Å². The molecule has 0 aliphatic heterocycles. The summed E-state index contributed by atoms with van der Waals surface area (Å²) in [5.74, 6) is 1.53. The molecule has 0 unspecified atom stereocenters. The monoisotopic (exact) mass is 524 g/mol. The largest absolute Gasteiger partial charge is 0.465 e. The highest BCUT2D eigenvalue weighted by Crippen LogP contribution is 2.25. The first kappa shape index (κ1) is 32.5. The molecular weight excluding hydrogens is 480 g/mol. The summed E-state index contributed by atoms with van der Waals surface area (Å²) < 4.78 is 16.5. The Labute approximate surface area is 216 Å². The fourth-order valence-corrected chi connectivity index (χ4v) is 3.69. The Balaban J connectivity index is 4.78. The molecule has 0 aromatic rings. The predicted octanol–water partition coefficient (Wildman–Crippen LogP) is 5.48. The SMILES string of the molecule is CCC(COC(=O)CCCCCS)(COC(=O)CCCCCS)COC(=O)CCCCCS. The zero-order chi connectivity index (χ0) is 24.8. The van der Waals surface area contributed by atoms with Crippen molar-refractivity contribution in [3.63, 3.8) is 0 Å². The molecule has 0 N–H and O–H groups in total. The van der Waals surface area contributed by atoms with Crippen LogP contribution in [0.5, 0.6) is 0 Å². The molecule has 33 heavy (non-hydrogen) atoms. The molecule has 0 aromatic carbocycles. The zero-order valence-corrected chi connectivity index (χ0v) is 22.9. The molecule has 6 nitrogen and oxygen atoms in total. The van der Waals surface area contributed by atoms with Gasteiger partial charge in [0.2, 0.25) is 0 Å². The second kappa shape index (κ2) is 22.0. The molecule has 0 saturated heterocycles. The van der Waals surface area contributed by atoms with Gasteiger partial charge in [-0.1, -0.05) is 26.2 Å². The molecule has 0 heterocycles. The van der Waals surface area contributed by atoms with Gasteiger partial charge in [0.05, 0.1) is 5.41 Å². The molecule has 0 radical (unpaired) electrons. The van der Waals surface area contributed by atoms with Gasteiger partial charge in [0.15, 0.2) is 0 Å². The van der Waals surface area contributed by atoms with Gasteiger partial charge in [0, 0.05) is 19.3 Å². The smallest absolute Gasteiger partial charge is 0.305 e. The van der Waals surface area contributed by atoms with Crippen molar-refractivity contribution < 1.29 is 28.6 Å². The van der Waals surface area contributed by atoms with Gasteiger partial charge in [-0.15, -0.1) is 0 Å². The first-order valence-electron chi connectivity index (χ1n) is 12.2. The predicted molar refractivity (Wildman–Crippen MR) is 143 cm³/mol. The molecule has 0 aliphatic rings. The Morgan fingerprint density at radius 3 is 1.09 bits per heavy atom. The van der Waals surface area contributed by atoms with Gasteiger partial charge in [-0.3, -0.25) is 14.4 Å². The molecule has 0 aromatic heterocycles. The third-order valence-electron chi connectivity index (χ3n) is 5.49. The van der Waals surface area contributed by atoms with E-state index in [0.717, 1.165) is 75.0 Å². The van der Waals surface area contributed by atoms with E-state index in [1.807, 2.05) is 6.92 Å². The molecule has 0 bridgehead atoms. The molecule has 9 heteroatoms. The standard InChI is InChI=1S/C24H44O6S3/c1-2-24(18-28-21(25)12-6-3-9-15-31,19-29-22(26)13-7-4-10-16-32)20-30-23(27)14-8-5-11-17-33/h31-33H,2-20H2,1H3. The van der Waals surface area contributed by atoms with Gasteiger partial charge < -0.3 is 14.2 Å². The van der Waals surface area contributed by atoms with E-state index < -0.39 is 5.41 Å². The molecule has 0 spiro atoms. The van der Waals surface area contributed by atoms with E-state index in [9.17, 15) is 14.4 Å². The number of carbonyl (C=O) groups is 3. The van der Waals surface area contributed by atoms with Gasteiger partial charge in [0.25, 0.3) is 0 Å². The van der Waals surface area contributed by atoms with Gasteiger partial charge in [-0.05, 0) is 62.2 Å². The molecule has 194 valence electrons. The quantitative estimate of drug-likeness (QED) is 0.0753. The summed E-state index contributed by atoms with van der Waals surface area (Å²) in [6.45, 7) is 2.07. The van der Waals surface area contributed by atoms with Crippen molar-refractivity contribution in [3.8, 4) is 0 Å². The fourth-order valence-electron chi connectivity index (χ4n) is 3.02. The van der Waals surface area contributed by atoms with Gasteiger partial charge >= 0.3 is 17.9 Å². The number of hydrogen-bond donors (Lipinski definition) is 3. The number of thiol groups is 3. The van der Waals surface area contributed by atoms with Gasteiger partial charge in [-0.2, -0.15) is 37.9 Å². The second-order valence-electron chi connectivity index (χ2n) is 8.44. The lowest BCUT2D eigenvalue weighted by atomic mass is 9.88. The Bertz CT molecular complexity index is 461. The number of unbranched alkanes of at least 4 members (excludes halogenated alkanes) is 6. The first-order valence-corrected chi connectivity index (χ1v) is 14.1. The van der Waals surface area contributed by atoms with Crippen LogP contribution in [0.1, 0.15) is 90.4 Å². The van der Waals surface area contributed by atoms with Crippen molar-refractivity contribution in [2.45, 2.75) is 90.4 Å². The summed E-state index contributed by atoms with van der Waals surface area (Å²) in [6, 6.07) is 0. The van der Waals surface area contributed by atoms with Crippen molar-refractivity contribution in [1.29, 1.82) is 0 Å². The summed E-state index contributed by atoms with van der Waals surface area (Å²) in [7, 11) is 0. The van der Waals surface area contributed by atoms with Gasteiger partial charge in [0.1, 0.15) is 19.8 Å². The third-order valence-corrected chi connectivity index (χ3v) is 6.43. The van der Waals surface area contributed by atoms with Crippen LogP contribution in [0.2, 0.25) is 0 Å². The number of hydrogen-bond acceptors (Lipinski definition) is 9. The molecule has 0 rings (SSSR count). The van der Waals surface area contributed by atoms with Crippen LogP contribution in [-0.4, -0.2) is 55.0 Å². The average molecular weight is 525 g/mol. The summed E-state index contributed by atoms with van der Waals surface area (Å²) in [5, 5.41) is 0. The zero-order valence-electron chi connectivity index (χ0n) is 20.2.